The third kappa shape index (κ3) is 3.96. The average molecular weight is 214 g/mol. The van der Waals surface area contributed by atoms with E-state index in [2.05, 4.69) is 0 Å². The Morgan fingerprint density at radius 2 is 2.07 bits per heavy atom. The number of aliphatic hydroxyl groups is 1. The van der Waals surface area contributed by atoms with E-state index in [4.69, 9.17) is 0 Å². The maximum Gasteiger partial charge on any atom is 0.126 e. The molecule has 0 spiro atoms. The van der Waals surface area contributed by atoms with Crippen LogP contribution in [0.2, 0.25) is 0 Å². The normalized spacial score (nSPS) is 12.8. The van der Waals surface area contributed by atoms with Crippen LogP contribution in [0.15, 0.2) is 18.2 Å². The number of aliphatic hydroxyl groups excluding tert-OH is 1. The molecule has 0 radical (unpaired) electrons. The Morgan fingerprint density at radius 1 is 1.33 bits per heavy atom. The number of unbranched alkanes of at least 4 members (excludes halogenated alkanes) is 1. The zero-order valence-corrected chi connectivity index (χ0v) is 8.84. The van der Waals surface area contributed by atoms with Crippen LogP contribution in [-0.4, -0.2) is 11.2 Å². The van der Waals surface area contributed by atoms with Gasteiger partial charge in [0.15, 0.2) is 0 Å². The van der Waals surface area contributed by atoms with Crippen LogP contribution in [-0.2, 0) is 6.42 Å². The minimum absolute atomic E-state index is 0.184. The van der Waals surface area contributed by atoms with Crippen molar-refractivity contribution in [2.45, 2.75) is 38.7 Å². The summed E-state index contributed by atoms with van der Waals surface area (Å²) >= 11 is 0. The van der Waals surface area contributed by atoms with Gasteiger partial charge in [-0.05, 0) is 30.2 Å². The molecule has 15 heavy (non-hydrogen) atoms. The zero-order chi connectivity index (χ0) is 11.3. The molecule has 0 heterocycles. The lowest BCUT2D eigenvalue weighted by Gasteiger charge is -2.10. The van der Waals surface area contributed by atoms with Gasteiger partial charge in [-0.3, -0.25) is 0 Å². The molecule has 0 aliphatic carbocycles. The van der Waals surface area contributed by atoms with E-state index < -0.39 is 17.7 Å². The molecule has 1 aromatic carbocycles. The Balaban J connectivity index is 2.59. The van der Waals surface area contributed by atoms with E-state index in [1.807, 2.05) is 6.92 Å². The van der Waals surface area contributed by atoms with Crippen LogP contribution >= 0.6 is 0 Å². The first-order chi connectivity index (χ1) is 7.13. The summed E-state index contributed by atoms with van der Waals surface area (Å²) in [5.74, 6) is -0.916. The topological polar surface area (TPSA) is 20.2 Å². The fourth-order valence-electron chi connectivity index (χ4n) is 1.50. The van der Waals surface area contributed by atoms with Crippen LogP contribution < -0.4 is 0 Å². The molecular weight excluding hydrogens is 198 g/mol. The van der Waals surface area contributed by atoms with Crippen LogP contribution in [0.1, 0.15) is 31.7 Å². The minimum atomic E-state index is -0.582. The number of hydrogen-bond donors (Lipinski definition) is 1. The molecule has 0 saturated heterocycles. The molecule has 84 valence electrons. The van der Waals surface area contributed by atoms with Gasteiger partial charge in [-0.1, -0.05) is 19.8 Å². The molecule has 0 aromatic heterocycles. The maximum atomic E-state index is 13.2. The highest BCUT2D eigenvalue weighted by Gasteiger charge is 2.09. The summed E-state index contributed by atoms with van der Waals surface area (Å²) in [6.45, 7) is 2.02. The van der Waals surface area contributed by atoms with Crippen molar-refractivity contribution >= 4 is 0 Å². The predicted octanol–water partition coefficient (Wildman–Crippen LogP) is 3.06. The average Bonchev–Trinajstić information content (AvgIpc) is 2.20. The van der Waals surface area contributed by atoms with E-state index in [0.717, 1.165) is 31.0 Å². The van der Waals surface area contributed by atoms with Gasteiger partial charge < -0.3 is 5.11 Å². The lowest BCUT2D eigenvalue weighted by molar-refractivity contribution is 0.160. The van der Waals surface area contributed by atoms with Gasteiger partial charge in [-0.2, -0.15) is 0 Å². The summed E-state index contributed by atoms with van der Waals surface area (Å²) < 4.78 is 26.0. The zero-order valence-electron chi connectivity index (χ0n) is 8.84. The van der Waals surface area contributed by atoms with Crippen molar-refractivity contribution in [3.63, 3.8) is 0 Å². The van der Waals surface area contributed by atoms with Gasteiger partial charge in [0.2, 0.25) is 0 Å². The summed E-state index contributed by atoms with van der Waals surface area (Å²) in [6, 6.07) is 3.32. The van der Waals surface area contributed by atoms with Crippen molar-refractivity contribution in [2.24, 2.45) is 0 Å². The molecule has 1 aromatic rings. The van der Waals surface area contributed by atoms with Gasteiger partial charge in [-0.25, -0.2) is 8.78 Å². The molecule has 1 atom stereocenters. The van der Waals surface area contributed by atoms with Gasteiger partial charge in [0.05, 0.1) is 6.10 Å². The van der Waals surface area contributed by atoms with Crippen molar-refractivity contribution in [3.8, 4) is 0 Å². The number of hydrogen-bond acceptors (Lipinski definition) is 1. The number of benzene rings is 1. The lowest BCUT2D eigenvalue weighted by Crippen LogP contribution is -2.11. The predicted molar refractivity (Wildman–Crippen MR) is 55.6 cm³/mol. The Kier molecular flexibility index (Phi) is 4.69. The smallest absolute Gasteiger partial charge is 0.126 e. The Hall–Kier alpha value is -0.960. The molecule has 0 bridgehead atoms. The van der Waals surface area contributed by atoms with Crippen LogP contribution in [0.3, 0.4) is 0 Å². The largest absolute Gasteiger partial charge is 0.393 e. The van der Waals surface area contributed by atoms with Crippen molar-refractivity contribution in [2.75, 3.05) is 0 Å². The molecule has 0 fully saturated rings. The van der Waals surface area contributed by atoms with E-state index in [1.165, 1.54) is 0 Å². The lowest BCUT2D eigenvalue weighted by atomic mass is 10.0. The first-order valence-electron chi connectivity index (χ1n) is 5.25. The van der Waals surface area contributed by atoms with E-state index in [0.29, 0.717) is 6.42 Å². The van der Waals surface area contributed by atoms with Crippen LogP contribution in [0.5, 0.6) is 0 Å². The summed E-state index contributed by atoms with van der Waals surface area (Å²) in [4.78, 5) is 0. The van der Waals surface area contributed by atoms with Crippen LogP contribution in [0.4, 0.5) is 8.78 Å². The van der Waals surface area contributed by atoms with Crippen molar-refractivity contribution < 1.29 is 13.9 Å². The molecule has 0 amide bonds. The molecule has 3 heteroatoms. The van der Waals surface area contributed by atoms with E-state index in [1.54, 1.807) is 0 Å². The number of rotatable bonds is 5. The van der Waals surface area contributed by atoms with Gasteiger partial charge in [0.25, 0.3) is 0 Å². The SMILES string of the molecule is CCCCC(O)Cc1cc(F)ccc1F. The minimum Gasteiger partial charge on any atom is -0.393 e. The second-order valence-corrected chi connectivity index (χ2v) is 3.74. The Labute approximate surface area is 88.7 Å². The van der Waals surface area contributed by atoms with Gasteiger partial charge in [0, 0.05) is 6.42 Å². The highest BCUT2D eigenvalue weighted by Crippen LogP contribution is 2.14. The van der Waals surface area contributed by atoms with E-state index in [9.17, 15) is 13.9 Å². The monoisotopic (exact) mass is 214 g/mol. The maximum absolute atomic E-state index is 13.2. The second-order valence-electron chi connectivity index (χ2n) is 3.74. The summed E-state index contributed by atoms with van der Waals surface area (Å²) in [5.41, 5.74) is 0.249. The third-order valence-corrected chi connectivity index (χ3v) is 2.35. The Bertz CT molecular complexity index is 312. The first kappa shape index (κ1) is 12.1. The number of halogens is 2. The summed E-state index contributed by atoms with van der Waals surface area (Å²) in [6.07, 6.45) is 2.12. The van der Waals surface area contributed by atoms with Crippen LogP contribution in [0, 0.1) is 11.6 Å². The van der Waals surface area contributed by atoms with Crippen molar-refractivity contribution in [1.29, 1.82) is 0 Å². The summed E-state index contributed by atoms with van der Waals surface area (Å²) in [5, 5.41) is 9.56. The van der Waals surface area contributed by atoms with Gasteiger partial charge in [0.1, 0.15) is 11.6 Å². The molecule has 1 N–H and O–H groups in total. The fourth-order valence-corrected chi connectivity index (χ4v) is 1.50. The third-order valence-electron chi connectivity index (χ3n) is 2.35. The molecule has 0 saturated carbocycles. The van der Waals surface area contributed by atoms with Gasteiger partial charge >= 0.3 is 0 Å². The summed E-state index contributed by atoms with van der Waals surface area (Å²) in [7, 11) is 0. The van der Waals surface area contributed by atoms with Gasteiger partial charge in [-0.15, -0.1) is 0 Å². The first-order valence-corrected chi connectivity index (χ1v) is 5.25. The standard InChI is InChI=1S/C12H16F2O/c1-2-3-4-11(15)8-9-7-10(13)5-6-12(9)14/h5-7,11,15H,2-4,8H2,1H3. The van der Waals surface area contributed by atoms with Crippen molar-refractivity contribution in [1.82, 2.24) is 0 Å². The van der Waals surface area contributed by atoms with Crippen LogP contribution in [0.25, 0.3) is 0 Å². The van der Waals surface area contributed by atoms with Crippen molar-refractivity contribution in [3.05, 3.63) is 35.4 Å². The second kappa shape index (κ2) is 5.81. The molecule has 0 aliphatic rings. The highest BCUT2D eigenvalue weighted by atomic mass is 19.1. The van der Waals surface area contributed by atoms with E-state index in [-0.39, 0.29) is 12.0 Å². The molecule has 1 rings (SSSR count). The van der Waals surface area contributed by atoms with E-state index >= 15 is 0 Å². The molecule has 1 nitrogen and oxygen atoms in total. The quantitative estimate of drug-likeness (QED) is 0.798. The Morgan fingerprint density at radius 3 is 2.73 bits per heavy atom. The fraction of sp³-hybridized carbons (Fsp3) is 0.500. The molecule has 0 aliphatic heterocycles. The highest BCUT2D eigenvalue weighted by molar-refractivity contribution is 5.19. The molecular formula is C12H16F2O. The molecule has 1 unspecified atom stereocenters.